The SMILES string of the molecule is O=C1CCCN1CCC1CCCCN1CCC(F)(F)F. The molecule has 2 fully saturated rings. The third-order valence-corrected chi connectivity index (χ3v) is 4.34. The molecule has 1 amide bonds. The molecule has 2 heterocycles. The molecular formula is C14H23F3N2O. The van der Waals surface area contributed by atoms with Crippen molar-refractivity contribution in [3.05, 3.63) is 0 Å². The summed E-state index contributed by atoms with van der Waals surface area (Å²) in [6.45, 7) is 2.37. The van der Waals surface area contributed by atoms with E-state index in [9.17, 15) is 18.0 Å². The lowest BCUT2D eigenvalue weighted by Gasteiger charge is -2.36. The number of halogens is 3. The van der Waals surface area contributed by atoms with Crippen molar-refractivity contribution in [3.63, 3.8) is 0 Å². The monoisotopic (exact) mass is 292 g/mol. The molecule has 0 bridgehead atoms. The normalized spacial score (nSPS) is 25.4. The summed E-state index contributed by atoms with van der Waals surface area (Å²) < 4.78 is 37.0. The predicted molar refractivity (Wildman–Crippen MR) is 70.3 cm³/mol. The smallest absolute Gasteiger partial charge is 0.343 e. The fraction of sp³-hybridized carbons (Fsp3) is 0.929. The van der Waals surface area contributed by atoms with E-state index < -0.39 is 12.6 Å². The number of alkyl halides is 3. The third kappa shape index (κ3) is 4.65. The molecule has 2 aliphatic heterocycles. The summed E-state index contributed by atoms with van der Waals surface area (Å²) in [4.78, 5) is 15.4. The van der Waals surface area contributed by atoms with Gasteiger partial charge in [-0.05, 0) is 32.2 Å². The fourth-order valence-corrected chi connectivity index (χ4v) is 3.20. The molecule has 0 saturated carbocycles. The van der Waals surface area contributed by atoms with Gasteiger partial charge in [0.15, 0.2) is 0 Å². The highest BCUT2D eigenvalue weighted by molar-refractivity contribution is 5.77. The van der Waals surface area contributed by atoms with Gasteiger partial charge in [-0.3, -0.25) is 9.69 Å². The summed E-state index contributed by atoms with van der Waals surface area (Å²) in [5, 5.41) is 0. The van der Waals surface area contributed by atoms with Gasteiger partial charge in [0, 0.05) is 32.1 Å². The van der Waals surface area contributed by atoms with Gasteiger partial charge in [-0.2, -0.15) is 13.2 Å². The molecule has 0 N–H and O–H groups in total. The van der Waals surface area contributed by atoms with Crippen LogP contribution in [0.4, 0.5) is 13.2 Å². The van der Waals surface area contributed by atoms with Crippen LogP contribution in [-0.4, -0.2) is 54.1 Å². The first-order valence-corrected chi connectivity index (χ1v) is 7.54. The van der Waals surface area contributed by atoms with Crippen LogP contribution in [0.25, 0.3) is 0 Å². The van der Waals surface area contributed by atoms with Gasteiger partial charge in [-0.25, -0.2) is 0 Å². The second-order valence-corrected chi connectivity index (χ2v) is 5.82. The molecule has 1 atom stereocenters. The van der Waals surface area contributed by atoms with Gasteiger partial charge >= 0.3 is 6.18 Å². The minimum Gasteiger partial charge on any atom is -0.343 e. The van der Waals surface area contributed by atoms with Crippen LogP contribution in [-0.2, 0) is 4.79 Å². The van der Waals surface area contributed by atoms with Crippen molar-refractivity contribution < 1.29 is 18.0 Å². The molecule has 0 aromatic heterocycles. The van der Waals surface area contributed by atoms with Gasteiger partial charge in [-0.1, -0.05) is 6.42 Å². The predicted octanol–water partition coefficient (Wildman–Crippen LogP) is 2.81. The fourth-order valence-electron chi connectivity index (χ4n) is 3.20. The molecule has 0 aliphatic carbocycles. The van der Waals surface area contributed by atoms with Crippen molar-refractivity contribution in [1.82, 2.24) is 9.80 Å². The zero-order chi connectivity index (χ0) is 14.6. The van der Waals surface area contributed by atoms with E-state index in [2.05, 4.69) is 0 Å². The molecule has 1 unspecified atom stereocenters. The van der Waals surface area contributed by atoms with E-state index in [4.69, 9.17) is 0 Å². The zero-order valence-electron chi connectivity index (χ0n) is 11.8. The minimum absolute atomic E-state index is 0.0993. The maximum Gasteiger partial charge on any atom is 0.390 e. The Hall–Kier alpha value is -0.780. The summed E-state index contributed by atoms with van der Waals surface area (Å²) in [5.74, 6) is 0.197. The molecular weight excluding hydrogens is 269 g/mol. The minimum atomic E-state index is -4.08. The van der Waals surface area contributed by atoms with Gasteiger partial charge in [0.1, 0.15) is 0 Å². The Morgan fingerprint density at radius 2 is 1.90 bits per heavy atom. The van der Waals surface area contributed by atoms with Crippen molar-refractivity contribution in [2.24, 2.45) is 0 Å². The second-order valence-electron chi connectivity index (χ2n) is 5.82. The Morgan fingerprint density at radius 3 is 2.55 bits per heavy atom. The molecule has 116 valence electrons. The summed E-state index contributed by atoms with van der Waals surface area (Å²) in [5.41, 5.74) is 0. The van der Waals surface area contributed by atoms with Gasteiger partial charge in [-0.15, -0.1) is 0 Å². The number of hydrogen-bond acceptors (Lipinski definition) is 2. The van der Waals surface area contributed by atoms with Gasteiger partial charge in [0.2, 0.25) is 5.91 Å². The topological polar surface area (TPSA) is 23.6 Å². The summed E-state index contributed by atoms with van der Waals surface area (Å²) in [7, 11) is 0. The van der Waals surface area contributed by atoms with Crippen molar-refractivity contribution in [2.75, 3.05) is 26.2 Å². The summed E-state index contributed by atoms with van der Waals surface area (Å²) in [6, 6.07) is 0.208. The zero-order valence-corrected chi connectivity index (χ0v) is 11.8. The van der Waals surface area contributed by atoms with E-state index in [1.165, 1.54) is 0 Å². The van der Waals surface area contributed by atoms with Crippen LogP contribution in [0.15, 0.2) is 0 Å². The lowest BCUT2D eigenvalue weighted by atomic mass is 9.99. The average molecular weight is 292 g/mol. The summed E-state index contributed by atoms with van der Waals surface area (Å²) >= 11 is 0. The Kier molecular flexibility index (Phi) is 5.29. The van der Waals surface area contributed by atoms with E-state index >= 15 is 0 Å². The average Bonchev–Trinajstić information content (AvgIpc) is 2.79. The first-order valence-electron chi connectivity index (χ1n) is 7.54. The third-order valence-electron chi connectivity index (χ3n) is 4.34. The lowest BCUT2D eigenvalue weighted by molar-refractivity contribution is -0.139. The Bertz CT molecular complexity index is 333. The number of nitrogens with zero attached hydrogens (tertiary/aromatic N) is 2. The van der Waals surface area contributed by atoms with Gasteiger partial charge < -0.3 is 4.90 Å². The van der Waals surface area contributed by atoms with Crippen LogP contribution >= 0.6 is 0 Å². The van der Waals surface area contributed by atoms with Crippen molar-refractivity contribution in [3.8, 4) is 0 Å². The molecule has 0 radical (unpaired) electrons. The van der Waals surface area contributed by atoms with Crippen LogP contribution in [0.5, 0.6) is 0 Å². The number of carbonyl (C=O) groups excluding carboxylic acids is 1. The molecule has 0 aromatic rings. The second kappa shape index (κ2) is 6.78. The Labute approximate surface area is 118 Å². The van der Waals surface area contributed by atoms with Crippen LogP contribution in [0.3, 0.4) is 0 Å². The number of hydrogen-bond donors (Lipinski definition) is 0. The van der Waals surface area contributed by atoms with Crippen molar-refractivity contribution in [2.45, 2.75) is 57.2 Å². The molecule has 2 saturated heterocycles. The molecule has 2 rings (SSSR count). The highest BCUT2D eigenvalue weighted by Gasteiger charge is 2.31. The van der Waals surface area contributed by atoms with Crippen molar-refractivity contribution in [1.29, 1.82) is 0 Å². The molecule has 3 nitrogen and oxygen atoms in total. The number of amides is 1. The van der Waals surface area contributed by atoms with Crippen LogP contribution in [0, 0.1) is 0 Å². The van der Waals surface area contributed by atoms with E-state index in [0.29, 0.717) is 13.0 Å². The summed E-state index contributed by atoms with van der Waals surface area (Å²) in [6.07, 6.45) is 0.574. The van der Waals surface area contributed by atoms with E-state index in [1.54, 1.807) is 0 Å². The first kappa shape index (κ1) is 15.6. The van der Waals surface area contributed by atoms with Crippen LogP contribution in [0.2, 0.25) is 0 Å². The maximum atomic E-state index is 12.3. The number of piperidine rings is 1. The number of carbonyl (C=O) groups is 1. The number of rotatable bonds is 5. The molecule has 20 heavy (non-hydrogen) atoms. The van der Waals surface area contributed by atoms with E-state index in [1.807, 2.05) is 9.80 Å². The van der Waals surface area contributed by atoms with E-state index in [0.717, 1.165) is 45.2 Å². The first-order chi connectivity index (χ1) is 9.46. The van der Waals surface area contributed by atoms with Crippen LogP contribution < -0.4 is 0 Å². The Morgan fingerprint density at radius 1 is 1.10 bits per heavy atom. The maximum absolute atomic E-state index is 12.3. The van der Waals surface area contributed by atoms with E-state index in [-0.39, 0.29) is 18.5 Å². The lowest BCUT2D eigenvalue weighted by Crippen LogP contribution is -2.43. The highest BCUT2D eigenvalue weighted by Crippen LogP contribution is 2.25. The quantitative estimate of drug-likeness (QED) is 0.778. The molecule has 0 aromatic carbocycles. The standard InChI is InChI=1S/C14H23F3N2O/c15-14(16,17)7-11-18-8-2-1-4-12(18)6-10-19-9-3-5-13(19)20/h12H,1-11H2. The largest absolute Gasteiger partial charge is 0.390 e. The molecule has 6 heteroatoms. The van der Waals surface area contributed by atoms with Gasteiger partial charge in [0.05, 0.1) is 6.42 Å². The number of likely N-dealkylation sites (tertiary alicyclic amines) is 2. The molecule has 2 aliphatic rings. The molecule has 0 spiro atoms. The van der Waals surface area contributed by atoms with Crippen molar-refractivity contribution >= 4 is 5.91 Å². The highest BCUT2D eigenvalue weighted by atomic mass is 19.4. The Balaban J connectivity index is 1.79. The van der Waals surface area contributed by atoms with Gasteiger partial charge in [0.25, 0.3) is 0 Å². The van der Waals surface area contributed by atoms with Crippen LogP contribution in [0.1, 0.15) is 44.9 Å².